The average Bonchev–Trinajstić information content (AvgIpc) is 3.47. The van der Waals surface area contributed by atoms with E-state index in [9.17, 15) is 0 Å². The number of para-hydroxylation sites is 4. The Balaban J connectivity index is 1.27. The van der Waals surface area contributed by atoms with Gasteiger partial charge in [0.15, 0.2) is 0 Å². The fraction of sp³-hybridized carbons (Fsp3) is 0.105. The third-order valence-electron chi connectivity index (χ3n) is 8.82. The van der Waals surface area contributed by atoms with Crippen LogP contribution in [0.3, 0.4) is 0 Å². The van der Waals surface area contributed by atoms with E-state index < -0.39 is 0 Å². The molecule has 0 saturated carbocycles. The Bertz CT molecular complexity index is 2240. The maximum Gasteiger partial charge on any atom is 0.0524 e. The number of aryl methyl sites for hydroxylation is 2. The summed E-state index contributed by atoms with van der Waals surface area (Å²) in [6, 6.07) is 44.7. The SMILES string of the molecule is Cc1cccc2c3ccccc3n(Cc3cccc4c(Cc5cccc6c7ccccc7n(C)c56)cccc34)c12. The van der Waals surface area contributed by atoms with Crippen LogP contribution < -0.4 is 0 Å². The summed E-state index contributed by atoms with van der Waals surface area (Å²) in [5.74, 6) is 0. The van der Waals surface area contributed by atoms with Crippen molar-refractivity contribution in [2.24, 2.45) is 7.05 Å². The lowest BCUT2D eigenvalue weighted by Crippen LogP contribution is -2.02. The highest BCUT2D eigenvalue weighted by Gasteiger charge is 2.16. The number of hydrogen-bond donors (Lipinski definition) is 0. The maximum absolute atomic E-state index is 2.51. The van der Waals surface area contributed by atoms with E-state index in [4.69, 9.17) is 0 Å². The largest absolute Gasteiger partial charge is 0.343 e. The maximum atomic E-state index is 2.51. The summed E-state index contributed by atoms with van der Waals surface area (Å²) in [5, 5.41) is 7.99. The highest BCUT2D eigenvalue weighted by Crippen LogP contribution is 2.35. The zero-order valence-corrected chi connectivity index (χ0v) is 22.9. The molecule has 2 heterocycles. The molecule has 0 aliphatic rings. The van der Waals surface area contributed by atoms with Gasteiger partial charge in [0.25, 0.3) is 0 Å². The van der Waals surface area contributed by atoms with E-state index >= 15 is 0 Å². The predicted molar refractivity (Wildman–Crippen MR) is 170 cm³/mol. The summed E-state index contributed by atoms with van der Waals surface area (Å²) in [5.41, 5.74) is 10.7. The minimum Gasteiger partial charge on any atom is -0.343 e. The summed E-state index contributed by atoms with van der Waals surface area (Å²) in [6.45, 7) is 3.07. The van der Waals surface area contributed by atoms with Gasteiger partial charge in [-0.1, -0.05) is 109 Å². The first-order valence-electron chi connectivity index (χ1n) is 14.1. The lowest BCUT2D eigenvalue weighted by atomic mass is 9.95. The molecule has 2 heteroatoms. The second-order valence-electron chi connectivity index (χ2n) is 11.1. The number of hydrogen-bond acceptors (Lipinski definition) is 0. The van der Waals surface area contributed by atoms with Gasteiger partial charge < -0.3 is 9.13 Å². The van der Waals surface area contributed by atoms with Gasteiger partial charge in [0.2, 0.25) is 0 Å². The molecule has 6 aromatic carbocycles. The molecule has 8 aromatic rings. The molecule has 0 radical (unpaired) electrons. The molecule has 0 aliphatic carbocycles. The molecule has 0 atom stereocenters. The first-order chi connectivity index (χ1) is 19.7. The monoisotopic (exact) mass is 514 g/mol. The smallest absolute Gasteiger partial charge is 0.0524 e. The van der Waals surface area contributed by atoms with Gasteiger partial charge in [-0.05, 0) is 52.1 Å². The molecular weight excluding hydrogens is 484 g/mol. The molecule has 192 valence electrons. The van der Waals surface area contributed by atoms with E-state index in [0.717, 1.165) is 13.0 Å². The standard InChI is InChI=1S/C38H30N2/c1-25-11-7-19-33-32-16-4-6-22-36(32)40(37(25)33)24-28-14-10-17-29-26(12-8-18-30(28)29)23-27-13-9-20-34-31-15-3-5-21-35(31)39(2)38(27)34/h3-22H,23-24H2,1-2H3. The number of fused-ring (bicyclic) bond motifs is 7. The van der Waals surface area contributed by atoms with Crippen LogP contribution in [0.25, 0.3) is 54.4 Å². The highest BCUT2D eigenvalue weighted by atomic mass is 15.0. The van der Waals surface area contributed by atoms with E-state index in [1.54, 1.807) is 0 Å². The molecular formula is C38H30N2. The third kappa shape index (κ3) is 3.36. The molecule has 40 heavy (non-hydrogen) atoms. The minimum atomic E-state index is 0.842. The van der Waals surface area contributed by atoms with Crippen molar-refractivity contribution in [2.75, 3.05) is 0 Å². The molecule has 2 nitrogen and oxygen atoms in total. The molecule has 0 aliphatic heterocycles. The van der Waals surface area contributed by atoms with Crippen molar-refractivity contribution in [1.82, 2.24) is 9.13 Å². The van der Waals surface area contributed by atoms with Crippen LogP contribution >= 0.6 is 0 Å². The van der Waals surface area contributed by atoms with E-state index in [2.05, 4.69) is 144 Å². The first kappa shape index (κ1) is 23.1. The van der Waals surface area contributed by atoms with Crippen molar-refractivity contribution in [1.29, 1.82) is 0 Å². The normalized spacial score (nSPS) is 11.9. The number of aromatic nitrogens is 2. The highest BCUT2D eigenvalue weighted by molar-refractivity contribution is 6.10. The number of nitrogens with zero attached hydrogens (tertiary/aromatic N) is 2. The van der Waals surface area contributed by atoms with Crippen LogP contribution in [0.15, 0.2) is 121 Å². The quantitative estimate of drug-likeness (QED) is 0.221. The van der Waals surface area contributed by atoms with Crippen molar-refractivity contribution < 1.29 is 0 Å². The second-order valence-corrected chi connectivity index (χ2v) is 11.1. The molecule has 0 N–H and O–H groups in total. The summed E-state index contributed by atoms with van der Waals surface area (Å²) >= 11 is 0. The molecule has 0 fully saturated rings. The van der Waals surface area contributed by atoms with Crippen molar-refractivity contribution in [3.8, 4) is 0 Å². The van der Waals surface area contributed by atoms with Crippen LogP contribution in [-0.2, 0) is 20.0 Å². The zero-order chi connectivity index (χ0) is 26.8. The van der Waals surface area contributed by atoms with Gasteiger partial charge >= 0.3 is 0 Å². The van der Waals surface area contributed by atoms with Crippen LogP contribution in [0.4, 0.5) is 0 Å². The van der Waals surface area contributed by atoms with Crippen molar-refractivity contribution >= 4 is 54.4 Å². The van der Waals surface area contributed by atoms with E-state index in [-0.39, 0.29) is 0 Å². The predicted octanol–water partition coefficient (Wildman–Crippen LogP) is 9.54. The lowest BCUT2D eigenvalue weighted by molar-refractivity contribution is 0.873. The topological polar surface area (TPSA) is 9.86 Å². The first-order valence-corrected chi connectivity index (χ1v) is 14.1. The average molecular weight is 515 g/mol. The molecule has 8 rings (SSSR count). The van der Waals surface area contributed by atoms with Crippen LogP contribution in [-0.4, -0.2) is 9.13 Å². The Morgan fingerprint density at radius 2 is 0.975 bits per heavy atom. The summed E-state index contributed by atoms with van der Waals surface area (Å²) < 4.78 is 4.87. The van der Waals surface area contributed by atoms with E-state index in [1.807, 2.05) is 0 Å². The van der Waals surface area contributed by atoms with Gasteiger partial charge in [0.1, 0.15) is 0 Å². The van der Waals surface area contributed by atoms with Gasteiger partial charge in [-0.2, -0.15) is 0 Å². The Labute approximate surface area is 233 Å². The van der Waals surface area contributed by atoms with Crippen LogP contribution in [0.1, 0.15) is 22.3 Å². The van der Waals surface area contributed by atoms with Crippen molar-refractivity contribution in [3.05, 3.63) is 144 Å². The number of rotatable bonds is 4. The minimum absolute atomic E-state index is 0.842. The fourth-order valence-corrected chi connectivity index (χ4v) is 7.03. The lowest BCUT2D eigenvalue weighted by Gasteiger charge is -2.14. The number of benzene rings is 6. The van der Waals surface area contributed by atoms with E-state index in [1.165, 1.54) is 76.6 Å². The van der Waals surface area contributed by atoms with Gasteiger partial charge in [0, 0.05) is 52.6 Å². The molecule has 0 saturated heterocycles. The summed E-state index contributed by atoms with van der Waals surface area (Å²) in [6.07, 6.45) is 0.900. The Kier molecular flexibility index (Phi) is 5.12. The Morgan fingerprint density at radius 3 is 1.75 bits per heavy atom. The van der Waals surface area contributed by atoms with Crippen LogP contribution in [0.2, 0.25) is 0 Å². The van der Waals surface area contributed by atoms with Gasteiger partial charge in [-0.3, -0.25) is 0 Å². The molecule has 0 unspecified atom stereocenters. The van der Waals surface area contributed by atoms with Crippen molar-refractivity contribution in [3.63, 3.8) is 0 Å². The fourth-order valence-electron chi connectivity index (χ4n) is 7.03. The molecule has 2 aromatic heterocycles. The van der Waals surface area contributed by atoms with Crippen LogP contribution in [0.5, 0.6) is 0 Å². The summed E-state index contributed by atoms with van der Waals surface area (Å²) in [4.78, 5) is 0. The van der Waals surface area contributed by atoms with Crippen molar-refractivity contribution in [2.45, 2.75) is 19.9 Å². The summed E-state index contributed by atoms with van der Waals surface area (Å²) in [7, 11) is 2.20. The van der Waals surface area contributed by atoms with Gasteiger partial charge in [0.05, 0.1) is 11.0 Å². The molecule has 0 amide bonds. The van der Waals surface area contributed by atoms with Gasteiger partial charge in [-0.15, -0.1) is 0 Å². The third-order valence-corrected chi connectivity index (χ3v) is 8.82. The van der Waals surface area contributed by atoms with Gasteiger partial charge in [-0.25, -0.2) is 0 Å². The van der Waals surface area contributed by atoms with E-state index in [0.29, 0.717) is 0 Å². The molecule has 0 spiro atoms. The Hall–Kier alpha value is -4.82. The Morgan fingerprint density at radius 1 is 0.450 bits per heavy atom. The van der Waals surface area contributed by atoms with Crippen LogP contribution in [0, 0.1) is 6.92 Å². The molecule has 0 bridgehead atoms. The zero-order valence-electron chi connectivity index (χ0n) is 22.9. The second kappa shape index (κ2) is 8.86.